The van der Waals surface area contributed by atoms with Gasteiger partial charge in [0.1, 0.15) is 16.5 Å². The van der Waals surface area contributed by atoms with Crippen molar-refractivity contribution in [2.45, 2.75) is 19.5 Å². The average Bonchev–Trinajstić information content (AvgIpc) is 2.94. The zero-order valence-electron chi connectivity index (χ0n) is 10.9. The van der Waals surface area contributed by atoms with E-state index >= 15 is 0 Å². The molecule has 1 amide bonds. The fourth-order valence-corrected chi connectivity index (χ4v) is 3.03. The first-order valence-electron chi connectivity index (χ1n) is 6.42. The van der Waals surface area contributed by atoms with Crippen LogP contribution in [0.1, 0.15) is 26.6 Å². The van der Waals surface area contributed by atoms with Crippen LogP contribution in [0, 0.1) is 0 Å². The Morgan fingerprint density at radius 2 is 2.30 bits per heavy atom. The van der Waals surface area contributed by atoms with Crippen molar-refractivity contribution in [2.24, 2.45) is 5.73 Å². The lowest BCUT2D eigenvalue weighted by atomic mass is 9.99. The fraction of sp³-hybridized carbons (Fsp3) is 0.286. The number of phenols is 1. The van der Waals surface area contributed by atoms with Gasteiger partial charge >= 0.3 is 0 Å². The van der Waals surface area contributed by atoms with E-state index in [0.29, 0.717) is 25.3 Å². The SMILES string of the molecule is NCc1nc(C(=O)N2CCc3ccc(O)cc3C2)cs1. The first kappa shape index (κ1) is 13.1. The predicted molar refractivity (Wildman–Crippen MR) is 76.6 cm³/mol. The number of hydrogen-bond donors (Lipinski definition) is 2. The van der Waals surface area contributed by atoms with E-state index in [0.717, 1.165) is 17.0 Å². The van der Waals surface area contributed by atoms with Gasteiger partial charge in [-0.3, -0.25) is 4.79 Å². The maximum absolute atomic E-state index is 12.4. The Hall–Kier alpha value is -1.92. The maximum Gasteiger partial charge on any atom is 0.273 e. The monoisotopic (exact) mass is 289 g/mol. The molecular formula is C14H15N3O2S. The van der Waals surface area contributed by atoms with Crippen LogP contribution in [0.15, 0.2) is 23.6 Å². The van der Waals surface area contributed by atoms with E-state index in [1.165, 1.54) is 16.9 Å². The molecule has 0 aliphatic carbocycles. The number of phenolic OH excluding ortho intramolecular Hbond substituents is 1. The third-order valence-electron chi connectivity index (χ3n) is 3.43. The molecule has 1 aliphatic rings. The van der Waals surface area contributed by atoms with Gasteiger partial charge in [-0.1, -0.05) is 6.07 Å². The van der Waals surface area contributed by atoms with Gasteiger partial charge in [-0.05, 0) is 29.7 Å². The summed E-state index contributed by atoms with van der Waals surface area (Å²) < 4.78 is 0. The lowest BCUT2D eigenvalue weighted by molar-refractivity contribution is 0.0729. The molecule has 0 unspecified atom stereocenters. The summed E-state index contributed by atoms with van der Waals surface area (Å²) in [5.74, 6) is 0.159. The van der Waals surface area contributed by atoms with Crippen LogP contribution in [0.5, 0.6) is 5.75 Å². The molecule has 6 heteroatoms. The zero-order chi connectivity index (χ0) is 14.1. The normalized spacial score (nSPS) is 14.2. The number of hydrogen-bond acceptors (Lipinski definition) is 5. The Balaban J connectivity index is 1.80. The van der Waals surface area contributed by atoms with Crippen molar-refractivity contribution in [3.05, 3.63) is 45.4 Å². The highest BCUT2D eigenvalue weighted by Gasteiger charge is 2.23. The lowest BCUT2D eigenvalue weighted by Crippen LogP contribution is -2.36. The Kier molecular flexibility index (Phi) is 3.42. The number of carbonyl (C=O) groups is 1. The summed E-state index contributed by atoms with van der Waals surface area (Å²) in [7, 11) is 0. The molecule has 2 aromatic rings. The number of amides is 1. The summed E-state index contributed by atoms with van der Waals surface area (Å²) in [6.07, 6.45) is 0.801. The summed E-state index contributed by atoms with van der Waals surface area (Å²) in [6.45, 7) is 1.54. The first-order chi connectivity index (χ1) is 9.67. The third-order valence-corrected chi connectivity index (χ3v) is 4.31. The minimum absolute atomic E-state index is 0.0741. The Bertz CT molecular complexity index is 654. The van der Waals surface area contributed by atoms with E-state index in [-0.39, 0.29) is 11.7 Å². The van der Waals surface area contributed by atoms with Gasteiger partial charge in [0, 0.05) is 25.0 Å². The molecule has 0 atom stereocenters. The van der Waals surface area contributed by atoms with Gasteiger partial charge in [-0.25, -0.2) is 4.98 Å². The van der Waals surface area contributed by atoms with Gasteiger partial charge in [0.2, 0.25) is 0 Å². The molecule has 0 radical (unpaired) electrons. The molecule has 0 spiro atoms. The highest BCUT2D eigenvalue weighted by Crippen LogP contribution is 2.24. The highest BCUT2D eigenvalue weighted by molar-refractivity contribution is 7.09. The second kappa shape index (κ2) is 5.22. The molecule has 1 aliphatic heterocycles. The lowest BCUT2D eigenvalue weighted by Gasteiger charge is -2.28. The molecule has 1 aromatic carbocycles. The molecule has 2 heterocycles. The Labute approximate surface area is 120 Å². The molecule has 5 nitrogen and oxygen atoms in total. The summed E-state index contributed by atoms with van der Waals surface area (Å²) in [4.78, 5) is 18.4. The number of aromatic hydroxyl groups is 1. The molecule has 0 fully saturated rings. The average molecular weight is 289 g/mol. The van der Waals surface area contributed by atoms with Gasteiger partial charge in [0.25, 0.3) is 5.91 Å². The van der Waals surface area contributed by atoms with Crippen molar-refractivity contribution in [1.29, 1.82) is 0 Å². The minimum Gasteiger partial charge on any atom is -0.508 e. The van der Waals surface area contributed by atoms with Crippen molar-refractivity contribution in [1.82, 2.24) is 9.88 Å². The van der Waals surface area contributed by atoms with Crippen LogP contribution in [-0.4, -0.2) is 27.4 Å². The molecule has 0 bridgehead atoms. The molecule has 1 aromatic heterocycles. The van der Waals surface area contributed by atoms with Crippen LogP contribution in [0.2, 0.25) is 0 Å². The number of carbonyl (C=O) groups excluding carboxylic acids is 1. The molecule has 20 heavy (non-hydrogen) atoms. The predicted octanol–water partition coefficient (Wildman–Crippen LogP) is 1.51. The van der Waals surface area contributed by atoms with Crippen molar-refractivity contribution in [3.8, 4) is 5.75 Å². The smallest absolute Gasteiger partial charge is 0.273 e. The number of nitrogens with zero attached hydrogens (tertiary/aromatic N) is 2. The summed E-state index contributed by atoms with van der Waals surface area (Å²) >= 11 is 1.41. The minimum atomic E-state index is -0.0741. The van der Waals surface area contributed by atoms with E-state index < -0.39 is 0 Å². The number of nitrogens with two attached hydrogens (primary N) is 1. The van der Waals surface area contributed by atoms with E-state index in [9.17, 15) is 9.90 Å². The van der Waals surface area contributed by atoms with Crippen LogP contribution in [0.3, 0.4) is 0 Å². The van der Waals surface area contributed by atoms with Gasteiger partial charge in [-0.2, -0.15) is 0 Å². The Morgan fingerprint density at radius 1 is 1.45 bits per heavy atom. The van der Waals surface area contributed by atoms with Crippen molar-refractivity contribution >= 4 is 17.2 Å². The van der Waals surface area contributed by atoms with E-state index in [1.807, 2.05) is 6.07 Å². The molecule has 3 rings (SSSR count). The fourth-order valence-electron chi connectivity index (χ4n) is 2.38. The summed E-state index contributed by atoms with van der Waals surface area (Å²) in [5, 5.41) is 12.1. The molecule has 104 valence electrons. The van der Waals surface area contributed by atoms with Crippen molar-refractivity contribution in [3.63, 3.8) is 0 Å². The van der Waals surface area contributed by atoms with Gasteiger partial charge in [0.15, 0.2) is 0 Å². The van der Waals surface area contributed by atoms with Gasteiger partial charge < -0.3 is 15.7 Å². The topological polar surface area (TPSA) is 79.5 Å². The Morgan fingerprint density at radius 3 is 3.05 bits per heavy atom. The van der Waals surface area contributed by atoms with E-state index in [4.69, 9.17) is 5.73 Å². The number of aromatic nitrogens is 1. The van der Waals surface area contributed by atoms with Crippen LogP contribution in [0.4, 0.5) is 0 Å². The number of rotatable bonds is 2. The van der Waals surface area contributed by atoms with Crippen LogP contribution >= 0.6 is 11.3 Å². The highest BCUT2D eigenvalue weighted by atomic mass is 32.1. The largest absolute Gasteiger partial charge is 0.508 e. The van der Waals surface area contributed by atoms with Gasteiger partial charge in [0.05, 0.1) is 0 Å². The third kappa shape index (κ3) is 2.39. The number of benzene rings is 1. The first-order valence-corrected chi connectivity index (χ1v) is 7.30. The maximum atomic E-state index is 12.4. The zero-order valence-corrected chi connectivity index (χ0v) is 11.7. The van der Waals surface area contributed by atoms with Crippen LogP contribution < -0.4 is 5.73 Å². The molecular weight excluding hydrogens is 274 g/mol. The van der Waals surface area contributed by atoms with E-state index in [1.54, 1.807) is 22.4 Å². The summed E-state index contributed by atoms with van der Waals surface area (Å²) in [5.41, 5.74) is 8.16. The second-order valence-electron chi connectivity index (χ2n) is 4.76. The summed E-state index contributed by atoms with van der Waals surface area (Å²) in [6, 6.07) is 5.33. The quantitative estimate of drug-likeness (QED) is 0.878. The molecule has 0 saturated heterocycles. The molecule has 0 saturated carbocycles. The van der Waals surface area contributed by atoms with Crippen LogP contribution in [0.25, 0.3) is 0 Å². The van der Waals surface area contributed by atoms with Crippen LogP contribution in [-0.2, 0) is 19.5 Å². The molecule has 3 N–H and O–H groups in total. The van der Waals surface area contributed by atoms with E-state index in [2.05, 4.69) is 4.98 Å². The van der Waals surface area contributed by atoms with Crippen molar-refractivity contribution < 1.29 is 9.90 Å². The standard InChI is InChI=1S/C14H15N3O2S/c15-6-13-16-12(8-20-13)14(19)17-4-3-9-1-2-11(18)5-10(9)7-17/h1-2,5,8,18H,3-4,6-7,15H2. The number of thiazole rings is 1. The number of fused-ring (bicyclic) bond motifs is 1. The van der Waals surface area contributed by atoms with Crippen molar-refractivity contribution in [2.75, 3.05) is 6.54 Å². The van der Waals surface area contributed by atoms with Gasteiger partial charge in [-0.15, -0.1) is 11.3 Å². The second-order valence-corrected chi connectivity index (χ2v) is 5.70.